The molecule has 0 aromatic carbocycles. The Morgan fingerprint density at radius 2 is 2.09 bits per heavy atom. The molecule has 0 saturated heterocycles. The second kappa shape index (κ2) is 5.84. The Balaban J connectivity index is 1.73. The Bertz CT molecular complexity index is 789. The van der Waals surface area contributed by atoms with Gasteiger partial charge in [-0.3, -0.25) is 14.2 Å². The van der Waals surface area contributed by atoms with Crippen LogP contribution in [0.25, 0.3) is 4.96 Å². The van der Waals surface area contributed by atoms with Crippen molar-refractivity contribution in [3.05, 3.63) is 41.1 Å². The molecule has 3 aromatic rings. The molecule has 0 fully saturated rings. The highest BCUT2D eigenvalue weighted by atomic mass is 32.1. The van der Waals surface area contributed by atoms with E-state index in [4.69, 9.17) is 0 Å². The molecule has 3 heterocycles. The number of amides is 1. The third-order valence-electron chi connectivity index (χ3n) is 3.19. The lowest BCUT2D eigenvalue weighted by Gasteiger charge is -2.10. The van der Waals surface area contributed by atoms with E-state index < -0.39 is 0 Å². The van der Waals surface area contributed by atoms with E-state index in [2.05, 4.69) is 20.3 Å². The number of carbonyl (C=O) groups excluding carboxylic acids is 1. The zero-order valence-electron chi connectivity index (χ0n) is 12.7. The Morgan fingerprint density at radius 3 is 2.82 bits per heavy atom. The number of hydrogen-bond acceptors (Lipinski definition) is 5. The molecule has 7 heteroatoms. The van der Waals surface area contributed by atoms with Gasteiger partial charge in [0.05, 0.1) is 17.8 Å². The van der Waals surface area contributed by atoms with Gasteiger partial charge in [-0.2, -0.15) is 0 Å². The topological polar surface area (TPSA) is 72.2 Å². The van der Waals surface area contributed by atoms with Gasteiger partial charge in [-0.1, -0.05) is 13.8 Å². The molecule has 22 heavy (non-hydrogen) atoms. The van der Waals surface area contributed by atoms with Gasteiger partial charge in [-0.15, -0.1) is 11.3 Å². The van der Waals surface area contributed by atoms with Gasteiger partial charge in [0.25, 0.3) is 0 Å². The second-order valence-corrected chi connectivity index (χ2v) is 6.65. The van der Waals surface area contributed by atoms with Crippen LogP contribution in [0.15, 0.2) is 24.8 Å². The molecule has 114 valence electrons. The van der Waals surface area contributed by atoms with Crippen molar-refractivity contribution in [2.24, 2.45) is 0 Å². The van der Waals surface area contributed by atoms with Crippen molar-refractivity contribution in [2.75, 3.05) is 5.32 Å². The molecule has 6 nitrogen and oxygen atoms in total. The normalized spacial score (nSPS) is 11.3. The monoisotopic (exact) mass is 315 g/mol. The van der Waals surface area contributed by atoms with Crippen molar-refractivity contribution in [1.82, 2.24) is 19.4 Å². The van der Waals surface area contributed by atoms with Gasteiger partial charge in [-0.05, 0) is 12.8 Å². The molecule has 0 saturated carbocycles. The highest BCUT2D eigenvalue weighted by Crippen LogP contribution is 2.20. The lowest BCUT2D eigenvalue weighted by molar-refractivity contribution is -0.115. The number of carbonyl (C=O) groups is 1. The number of imidazole rings is 1. The van der Waals surface area contributed by atoms with Gasteiger partial charge in [0, 0.05) is 29.7 Å². The van der Waals surface area contributed by atoms with Crippen LogP contribution in [0.5, 0.6) is 0 Å². The summed E-state index contributed by atoms with van der Waals surface area (Å²) >= 11 is 1.61. The summed E-state index contributed by atoms with van der Waals surface area (Å²) in [6.07, 6.45) is 7.33. The maximum absolute atomic E-state index is 12.2. The van der Waals surface area contributed by atoms with Crippen molar-refractivity contribution >= 4 is 28.0 Å². The zero-order valence-corrected chi connectivity index (χ0v) is 13.5. The van der Waals surface area contributed by atoms with Crippen LogP contribution in [-0.4, -0.2) is 25.3 Å². The lowest BCUT2D eigenvalue weighted by atomic mass is 10.1. The second-order valence-electron chi connectivity index (χ2n) is 5.43. The fraction of sp³-hybridized carbons (Fsp3) is 0.333. The highest BCUT2D eigenvalue weighted by molar-refractivity contribution is 7.16. The van der Waals surface area contributed by atoms with Crippen LogP contribution >= 0.6 is 11.3 Å². The minimum absolute atomic E-state index is 0.134. The number of nitrogens with zero attached hydrogens (tertiary/aromatic N) is 4. The Labute approximate surface area is 132 Å². The molecular formula is C15H17N5OS. The van der Waals surface area contributed by atoms with Crippen molar-refractivity contribution in [3.8, 4) is 0 Å². The van der Waals surface area contributed by atoms with Gasteiger partial charge in [0.15, 0.2) is 10.8 Å². The molecule has 0 radical (unpaired) electrons. The maximum Gasteiger partial charge on any atom is 0.231 e. The standard InChI is InChI=1S/C15H17N5OS/c1-9(2)13-14(17-5-4-16-13)19-12(21)6-11-8-20-7-10(3)22-15(20)18-11/h4-5,7-9H,6H2,1-3H3,(H,17,19,21). The first-order valence-electron chi connectivity index (χ1n) is 7.07. The van der Waals surface area contributed by atoms with Crippen LogP contribution in [0.1, 0.15) is 36.0 Å². The summed E-state index contributed by atoms with van der Waals surface area (Å²) in [5, 5.41) is 2.83. The van der Waals surface area contributed by atoms with Crippen molar-refractivity contribution in [1.29, 1.82) is 0 Å². The first kappa shape index (κ1) is 14.6. The van der Waals surface area contributed by atoms with Crippen molar-refractivity contribution in [2.45, 2.75) is 33.1 Å². The number of anilines is 1. The fourth-order valence-corrected chi connectivity index (χ4v) is 3.08. The molecule has 0 spiro atoms. The SMILES string of the molecule is Cc1cn2cc(CC(=O)Nc3nccnc3C(C)C)nc2s1. The largest absolute Gasteiger partial charge is 0.309 e. The predicted molar refractivity (Wildman–Crippen MR) is 86.3 cm³/mol. The van der Waals surface area contributed by atoms with E-state index in [-0.39, 0.29) is 18.2 Å². The molecule has 3 rings (SSSR count). The summed E-state index contributed by atoms with van der Waals surface area (Å²) < 4.78 is 1.95. The van der Waals surface area contributed by atoms with Crippen LogP contribution in [0.2, 0.25) is 0 Å². The molecule has 3 aromatic heterocycles. The summed E-state index contributed by atoms with van der Waals surface area (Å²) in [6, 6.07) is 0. The summed E-state index contributed by atoms with van der Waals surface area (Å²) in [4.78, 5) is 27.2. The smallest absolute Gasteiger partial charge is 0.231 e. The number of nitrogens with one attached hydrogen (secondary N) is 1. The molecule has 1 N–H and O–H groups in total. The molecule has 0 unspecified atom stereocenters. The van der Waals surface area contributed by atoms with Crippen molar-refractivity contribution < 1.29 is 4.79 Å². The van der Waals surface area contributed by atoms with Crippen LogP contribution < -0.4 is 5.32 Å². The predicted octanol–water partition coefficient (Wildman–Crippen LogP) is 2.80. The lowest BCUT2D eigenvalue weighted by Crippen LogP contribution is -2.17. The molecule has 0 aliphatic carbocycles. The number of hydrogen-bond donors (Lipinski definition) is 1. The average molecular weight is 315 g/mol. The third-order valence-corrected chi connectivity index (χ3v) is 4.11. The summed E-state index contributed by atoms with van der Waals surface area (Å²) in [6.45, 7) is 6.07. The van der Waals surface area contributed by atoms with Crippen molar-refractivity contribution in [3.63, 3.8) is 0 Å². The van der Waals surface area contributed by atoms with Gasteiger partial charge in [-0.25, -0.2) is 9.97 Å². The van der Waals surface area contributed by atoms with E-state index in [0.717, 1.165) is 16.3 Å². The van der Waals surface area contributed by atoms with Crippen LogP contribution in [0.4, 0.5) is 5.82 Å². The summed E-state index contributed by atoms with van der Waals surface area (Å²) in [5.74, 6) is 0.592. The zero-order chi connectivity index (χ0) is 15.7. The van der Waals surface area contributed by atoms with E-state index in [9.17, 15) is 4.79 Å². The van der Waals surface area contributed by atoms with Gasteiger partial charge < -0.3 is 5.32 Å². The summed E-state index contributed by atoms with van der Waals surface area (Å²) in [7, 11) is 0. The number of rotatable bonds is 4. The van der Waals surface area contributed by atoms with Crippen LogP contribution in [0.3, 0.4) is 0 Å². The molecule has 1 amide bonds. The van der Waals surface area contributed by atoms with E-state index in [0.29, 0.717) is 5.82 Å². The average Bonchev–Trinajstić information content (AvgIpc) is 2.95. The van der Waals surface area contributed by atoms with Gasteiger partial charge in [0.2, 0.25) is 5.91 Å². The summed E-state index contributed by atoms with van der Waals surface area (Å²) in [5.41, 5.74) is 1.54. The van der Waals surface area contributed by atoms with E-state index >= 15 is 0 Å². The van der Waals surface area contributed by atoms with Gasteiger partial charge in [0.1, 0.15) is 0 Å². The molecule has 0 aliphatic rings. The fourth-order valence-electron chi connectivity index (χ4n) is 2.25. The molecule has 0 bridgehead atoms. The minimum Gasteiger partial charge on any atom is -0.309 e. The maximum atomic E-state index is 12.2. The van der Waals surface area contributed by atoms with Crippen LogP contribution in [0, 0.1) is 6.92 Å². The van der Waals surface area contributed by atoms with E-state index in [1.165, 1.54) is 4.88 Å². The first-order valence-corrected chi connectivity index (χ1v) is 7.89. The Hall–Kier alpha value is -2.28. The quantitative estimate of drug-likeness (QED) is 0.803. The minimum atomic E-state index is -0.134. The number of fused-ring (bicyclic) bond motifs is 1. The van der Waals surface area contributed by atoms with Gasteiger partial charge >= 0.3 is 0 Å². The molecular weight excluding hydrogens is 298 g/mol. The Morgan fingerprint density at radius 1 is 1.32 bits per heavy atom. The van der Waals surface area contributed by atoms with Crippen LogP contribution in [-0.2, 0) is 11.2 Å². The number of aryl methyl sites for hydroxylation is 1. The first-order chi connectivity index (χ1) is 10.5. The molecule has 0 aliphatic heterocycles. The van der Waals surface area contributed by atoms with E-state index in [1.807, 2.05) is 37.6 Å². The number of aromatic nitrogens is 4. The number of thiazole rings is 1. The Kier molecular flexibility index (Phi) is 3.89. The molecule has 0 atom stereocenters. The van der Waals surface area contributed by atoms with E-state index in [1.54, 1.807) is 23.7 Å². The third kappa shape index (κ3) is 2.99. The highest BCUT2D eigenvalue weighted by Gasteiger charge is 2.14.